The van der Waals surface area contributed by atoms with E-state index in [1.54, 1.807) is 29.0 Å². The fourth-order valence-electron chi connectivity index (χ4n) is 4.56. The molecule has 1 aliphatic rings. The number of pyridine rings is 1. The van der Waals surface area contributed by atoms with Crippen LogP contribution in [0.25, 0.3) is 16.6 Å². The molecule has 6 heteroatoms. The first-order chi connectivity index (χ1) is 15.6. The van der Waals surface area contributed by atoms with Crippen molar-refractivity contribution in [3.8, 4) is 11.4 Å². The number of rotatable bonds is 5. The molecule has 0 bridgehead atoms. The SMILES string of the molecule is CCn1c2c(c3ccc(-n4ccc(OCc5ccc(F)cc5)cc4=O)cc31)CNCCC2. The summed E-state index contributed by atoms with van der Waals surface area (Å²) in [7, 11) is 0. The molecule has 0 fully saturated rings. The number of nitrogens with zero attached hydrogens (tertiary/aromatic N) is 2. The average molecular weight is 432 g/mol. The quantitative estimate of drug-likeness (QED) is 0.504. The van der Waals surface area contributed by atoms with Gasteiger partial charge in [-0.05, 0) is 67.8 Å². The zero-order chi connectivity index (χ0) is 22.1. The summed E-state index contributed by atoms with van der Waals surface area (Å²) in [5.74, 6) is 0.210. The zero-order valence-corrected chi connectivity index (χ0v) is 18.1. The van der Waals surface area contributed by atoms with E-state index < -0.39 is 0 Å². The predicted octanol–water partition coefficient (Wildman–Crippen LogP) is 4.57. The minimum atomic E-state index is -0.282. The largest absolute Gasteiger partial charge is 0.489 e. The van der Waals surface area contributed by atoms with Crippen molar-refractivity contribution in [3.63, 3.8) is 0 Å². The Morgan fingerprint density at radius 2 is 1.94 bits per heavy atom. The summed E-state index contributed by atoms with van der Waals surface area (Å²) in [6.45, 7) is 5.28. The lowest BCUT2D eigenvalue weighted by atomic mass is 10.1. The normalized spacial score (nSPS) is 13.7. The number of benzene rings is 2. The van der Waals surface area contributed by atoms with Gasteiger partial charge < -0.3 is 14.6 Å². The number of ether oxygens (including phenoxy) is 1. The third kappa shape index (κ3) is 3.82. The third-order valence-corrected chi connectivity index (χ3v) is 6.14. The monoisotopic (exact) mass is 431 g/mol. The Balaban J connectivity index is 1.44. The van der Waals surface area contributed by atoms with Crippen LogP contribution >= 0.6 is 0 Å². The molecule has 0 amide bonds. The average Bonchev–Trinajstić information content (AvgIpc) is 2.93. The van der Waals surface area contributed by atoms with Crippen LogP contribution in [0.5, 0.6) is 5.75 Å². The van der Waals surface area contributed by atoms with E-state index in [4.69, 9.17) is 4.74 Å². The summed E-state index contributed by atoms with van der Waals surface area (Å²) in [4.78, 5) is 12.8. The van der Waals surface area contributed by atoms with Gasteiger partial charge in [-0.2, -0.15) is 0 Å². The van der Waals surface area contributed by atoms with Crippen molar-refractivity contribution in [3.05, 3.63) is 93.8 Å². The molecule has 3 heterocycles. The van der Waals surface area contributed by atoms with Crippen LogP contribution in [-0.4, -0.2) is 15.7 Å². The van der Waals surface area contributed by atoms with Crippen molar-refractivity contribution < 1.29 is 9.13 Å². The summed E-state index contributed by atoms with van der Waals surface area (Å²) >= 11 is 0. The molecular weight excluding hydrogens is 405 g/mol. The van der Waals surface area contributed by atoms with Crippen molar-refractivity contribution in [2.24, 2.45) is 0 Å². The second-order valence-corrected chi connectivity index (χ2v) is 8.14. The van der Waals surface area contributed by atoms with Gasteiger partial charge in [0.15, 0.2) is 0 Å². The molecule has 0 radical (unpaired) electrons. The highest BCUT2D eigenvalue weighted by atomic mass is 19.1. The molecule has 0 aliphatic carbocycles. The zero-order valence-electron chi connectivity index (χ0n) is 18.1. The van der Waals surface area contributed by atoms with Crippen LogP contribution in [-0.2, 0) is 26.1 Å². The van der Waals surface area contributed by atoms with E-state index in [-0.39, 0.29) is 18.0 Å². The van der Waals surface area contributed by atoms with Gasteiger partial charge in [-0.1, -0.05) is 18.2 Å². The van der Waals surface area contributed by atoms with Gasteiger partial charge in [-0.25, -0.2) is 4.39 Å². The molecule has 1 aliphatic heterocycles. The Hall–Kier alpha value is -3.38. The summed E-state index contributed by atoms with van der Waals surface area (Å²) < 4.78 is 22.8. The molecule has 164 valence electrons. The molecule has 32 heavy (non-hydrogen) atoms. The van der Waals surface area contributed by atoms with Crippen molar-refractivity contribution in [2.75, 3.05) is 6.54 Å². The van der Waals surface area contributed by atoms with Crippen molar-refractivity contribution in [1.29, 1.82) is 0 Å². The first kappa shape index (κ1) is 20.5. The molecule has 0 unspecified atom stereocenters. The molecule has 1 N–H and O–H groups in total. The molecule has 5 nitrogen and oxygen atoms in total. The summed E-state index contributed by atoms with van der Waals surface area (Å²) in [6.07, 6.45) is 3.95. The van der Waals surface area contributed by atoms with Gasteiger partial charge in [-0.3, -0.25) is 9.36 Å². The summed E-state index contributed by atoms with van der Waals surface area (Å²) in [6, 6.07) is 15.7. The third-order valence-electron chi connectivity index (χ3n) is 6.14. The van der Waals surface area contributed by atoms with E-state index in [1.165, 1.54) is 40.4 Å². The van der Waals surface area contributed by atoms with Gasteiger partial charge in [-0.15, -0.1) is 0 Å². The van der Waals surface area contributed by atoms with Crippen LogP contribution in [0.1, 0.15) is 30.2 Å². The summed E-state index contributed by atoms with van der Waals surface area (Å²) in [5, 5.41) is 4.78. The van der Waals surface area contributed by atoms with E-state index >= 15 is 0 Å². The highest BCUT2D eigenvalue weighted by Crippen LogP contribution is 2.30. The number of hydrogen-bond acceptors (Lipinski definition) is 3. The number of fused-ring (bicyclic) bond motifs is 3. The van der Waals surface area contributed by atoms with Crippen LogP contribution < -0.4 is 15.6 Å². The maximum atomic E-state index is 13.0. The topological polar surface area (TPSA) is 48.2 Å². The second kappa shape index (κ2) is 8.63. The molecule has 0 atom stereocenters. The number of aryl methyl sites for hydroxylation is 1. The van der Waals surface area contributed by atoms with E-state index in [9.17, 15) is 9.18 Å². The second-order valence-electron chi connectivity index (χ2n) is 8.14. The number of nitrogens with one attached hydrogen (secondary N) is 1. The summed E-state index contributed by atoms with van der Waals surface area (Å²) in [5.41, 5.74) is 5.48. The fourth-order valence-corrected chi connectivity index (χ4v) is 4.56. The first-order valence-electron chi connectivity index (χ1n) is 11.1. The molecule has 4 aromatic rings. The minimum Gasteiger partial charge on any atom is -0.489 e. The lowest BCUT2D eigenvalue weighted by Crippen LogP contribution is -2.17. The van der Waals surface area contributed by atoms with E-state index in [2.05, 4.69) is 28.9 Å². The van der Waals surface area contributed by atoms with Crippen LogP contribution in [0.15, 0.2) is 65.6 Å². The standard InChI is InChI=1S/C26H26FN3O2/c1-2-29-24-4-3-12-28-16-23(24)22-10-9-20(14-25(22)29)30-13-11-21(15-26(30)31)32-17-18-5-7-19(27)8-6-18/h5-11,13-15,28H,2-4,12,16-17H2,1H3. The van der Waals surface area contributed by atoms with Gasteiger partial charge in [0.1, 0.15) is 18.2 Å². The molecule has 2 aromatic heterocycles. The van der Waals surface area contributed by atoms with Gasteiger partial charge in [0, 0.05) is 36.4 Å². The predicted molar refractivity (Wildman–Crippen MR) is 124 cm³/mol. The van der Waals surface area contributed by atoms with Crippen molar-refractivity contribution >= 4 is 10.9 Å². The van der Waals surface area contributed by atoms with Crippen molar-refractivity contribution in [1.82, 2.24) is 14.5 Å². The van der Waals surface area contributed by atoms with Gasteiger partial charge in [0.25, 0.3) is 5.56 Å². The lowest BCUT2D eigenvalue weighted by Gasteiger charge is -2.11. The first-order valence-corrected chi connectivity index (χ1v) is 11.1. The van der Waals surface area contributed by atoms with Gasteiger partial charge >= 0.3 is 0 Å². The van der Waals surface area contributed by atoms with Crippen LogP contribution in [0.2, 0.25) is 0 Å². The van der Waals surface area contributed by atoms with E-state index in [0.717, 1.165) is 43.7 Å². The highest BCUT2D eigenvalue weighted by molar-refractivity contribution is 5.87. The van der Waals surface area contributed by atoms with Gasteiger partial charge in [0.2, 0.25) is 0 Å². The van der Waals surface area contributed by atoms with Crippen molar-refractivity contribution in [2.45, 2.75) is 39.5 Å². The van der Waals surface area contributed by atoms with Gasteiger partial charge in [0.05, 0.1) is 11.2 Å². The fraction of sp³-hybridized carbons (Fsp3) is 0.269. The Labute approximate surface area is 186 Å². The molecule has 0 spiro atoms. The Morgan fingerprint density at radius 3 is 2.72 bits per heavy atom. The number of hydrogen-bond donors (Lipinski definition) is 1. The highest BCUT2D eigenvalue weighted by Gasteiger charge is 2.18. The van der Waals surface area contributed by atoms with E-state index in [1.807, 2.05) is 6.07 Å². The smallest absolute Gasteiger partial charge is 0.258 e. The van der Waals surface area contributed by atoms with Crippen LogP contribution in [0.3, 0.4) is 0 Å². The molecule has 0 saturated heterocycles. The Kier molecular flexibility index (Phi) is 5.53. The maximum Gasteiger partial charge on any atom is 0.258 e. The minimum absolute atomic E-state index is 0.154. The Bertz CT molecular complexity index is 1320. The maximum absolute atomic E-state index is 13.0. The lowest BCUT2D eigenvalue weighted by molar-refractivity contribution is 0.305. The molecule has 2 aromatic carbocycles. The van der Waals surface area contributed by atoms with Crippen LogP contribution in [0, 0.1) is 5.82 Å². The molecule has 0 saturated carbocycles. The van der Waals surface area contributed by atoms with E-state index in [0.29, 0.717) is 5.75 Å². The molecular formula is C26H26FN3O2. The number of aromatic nitrogens is 2. The number of halogens is 1. The van der Waals surface area contributed by atoms with Crippen LogP contribution in [0.4, 0.5) is 4.39 Å². The Morgan fingerprint density at radius 1 is 1.09 bits per heavy atom. The molecule has 5 rings (SSSR count).